The van der Waals surface area contributed by atoms with Crippen molar-refractivity contribution in [1.29, 1.82) is 0 Å². The maximum absolute atomic E-state index is 5.56. The van der Waals surface area contributed by atoms with Gasteiger partial charge in [-0.1, -0.05) is 26.7 Å². The summed E-state index contributed by atoms with van der Waals surface area (Å²) < 4.78 is 0. The fraction of sp³-hybridized carbons (Fsp3) is 1.00. The van der Waals surface area contributed by atoms with Gasteiger partial charge in [-0.05, 0) is 44.8 Å². The molecule has 1 fully saturated rings. The molecule has 0 bridgehead atoms. The Bertz CT molecular complexity index is 147. The quantitative estimate of drug-likeness (QED) is 0.734. The standard InChI is InChI=1S/C12H26N2/c1-3-14(9-5-8-13)12-7-4-6-11(2)10-12/h11-12H,3-10,13H2,1-2H3. The van der Waals surface area contributed by atoms with Gasteiger partial charge in [0.2, 0.25) is 0 Å². The minimum absolute atomic E-state index is 0.832. The van der Waals surface area contributed by atoms with Gasteiger partial charge in [-0.15, -0.1) is 0 Å². The van der Waals surface area contributed by atoms with Crippen molar-refractivity contribution >= 4 is 0 Å². The van der Waals surface area contributed by atoms with Crippen LogP contribution in [0.15, 0.2) is 0 Å². The van der Waals surface area contributed by atoms with E-state index in [1.54, 1.807) is 0 Å². The van der Waals surface area contributed by atoms with E-state index in [2.05, 4.69) is 18.7 Å². The van der Waals surface area contributed by atoms with Gasteiger partial charge in [0, 0.05) is 6.04 Å². The van der Waals surface area contributed by atoms with Crippen LogP contribution in [0, 0.1) is 5.92 Å². The molecule has 1 aliphatic carbocycles. The van der Waals surface area contributed by atoms with Gasteiger partial charge in [-0.2, -0.15) is 0 Å². The van der Waals surface area contributed by atoms with Gasteiger partial charge in [-0.3, -0.25) is 0 Å². The van der Waals surface area contributed by atoms with E-state index < -0.39 is 0 Å². The van der Waals surface area contributed by atoms with Gasteiger partial charge in [0.25, 0.3) is 0 Å². The average Bonchev–Trinajstić information content (AvgIpc) is 2.19. The van der Waals surface area contributed by atoms with Crippen LogP contribution in [0.1, 0.15) is 46.0 Å². The lowest BCUT2D eigenvalue weighted by molar-refractivity contribution is 0.140. The summed E-state index contributed by atoms with van der Waals surface area (Å²) in [5.41, 5.74) is 5.56. The van der Waals surface area contributed by atoms with Crippen molar-refractivity contribution in [3.8, 4) is 0 Å². The normalized spacial score (nSPS) is 28.3. The van der Waals surface area contributed by atoms with E-state index in [1.165, 1.54) is 38.8 Å². The summed E-state index contributed by atoms with van der Waals surface area (Å²) in [5.74, 6) is 0.931. The molecule has 1 aliphatic rings. The maximum Gasteiger partial charge on any atom is 0.00976 e. The fourth-order valence-corrected chi connectivity index (χ4v) is 2.63. The molecule has 2 atom stereocenters. The van der Waals surface area contributed by atoms with Gasteiger partial charge in [-0.25, -0.2) is 0 Å². The van der Waals surface area contributed by atoms with Crippen LogP contribution in [-0.2, 0) is 0 Å². The van der Waals surface area contributed by atoms with Crippen LogP contribution in [0.3, 0.4) is 0 Å². The Labute approximate surface area is 88.8 Å². The first kappa shape index (κ1) is 12.0. The van der Waals surface area contributed by atoms with E-state index >= 15 is 0 Å². The van der Waals surface area contributed by atoms with Crippen LogP contribution < -0.4 is 5.73 Å². The van der Waals surface area contributed by atoms with E-state index in [0.29, 0.717) is 0 Å². The smallest absolute Gasteiger partial charge is 0.00976 e. The van der Waals surface area contributed by atoms with Crippen molar-refractivity contribution in [3.05, 3.63) is 0 Å². The molecule has 0 spiro atoms. The summed E-state index contributed by atoms with van der Waals surface area (Å²) >= 11 is 0. The van der Waals surface area contributed by atoms with E-state index in [1.807, 2.05) is 0 Å². The highest BCUT2D eigenvalue weighted by Crippen LogP contribution is 2.27. The SMILES string of the molecule is CCN(CCCN)C1CCCC(C)C1. The summed E-state index contributed by atoms with van der Waals surface area (Å²) in [4.78, 5) is 2.63. The molecule has 0 amide bonds. The van der Waals surface area contributed by atoms with Gasteiger partial charge in [0.05, 0.1) is 0 Å². The monoisotopic (exact) mass is 198 g/mol. The fourth-order valence-electron chi connectivity index (χ4n) is 2.63. The van der Waals surface area contributed by atoms with Crippen LogP contribution in [0.5, 0.6) is 0 Å². The number of hydrogen-bond acceptors (Lipinski definition) is 2. The summed E-state index contributed by atoms with van der Waals surface area (Å²) in [6.07, 6.45) is 6.82. The molecule has 0 heterocycles. The zero-order valence-corrected chi connectivity index (χ0v) is 9.84. The van der Waals surface area contributed by atoms with Crippen molar-refractivity contribution in [3.63, 3.8) is 0 Å². The molecule has 1 rings (SSSR count). The molecule has 0 aromatic rings. The Hall–Kier alpha value is -0.0800. The van der Waals surface area contributed by atoms with E-state index in [0.717, 1.165) is 24.9 Å². The summed E-state index contributed by atoms with van der Waals surface area (Å²) in [6.45, 7) is 7.89. The third-order valence-electron chi connectivity index (χ3n) is 3.48. The highest BCUT2D eigenvalue weighted by atomic mass is 15.1. The number of nitrogens with zero attached hydrogens (tertiary/aromatic N) is 1. The lowest BCUT2D eigenvalue weighted by Crippen LogP contribution is -2.39. The highest BCUT2D eigenvalue weighted by molar-refractivity contribution is 4.78. The molecule has 84 valence electrons. The highest BCUT2D eigenvalue weighted by Gasteiger charge is 2.22. The number of rotatable bonds is 5. The van der Waals surface area contributed by atoms with Gasteiger partial charge in [0.1, 0.15) is 0 Å². The van der Waals surface area contributed by atoms with Gasteiger partial charge < -0.3 is 10.6 Å². The average molecular weight is 198 g/mol. The first-order valence-corrected chi connectivity index (χ1v) is 6.22. The molecule has 0 radical (unpaired) electrons. The molecule has 0 saturated heterocycles. The third-order valence-corrected chi connectivity index (χ3v) is 3.48. The van der Waals surface area contributed by atoms with Gasteiger partial charge in [0.15, 0.2) is 0 Å². The lowest BCUT2D eigenvalue weighted by Gasteiger charge is -2.36. The minimum atomic E-state index is 0.832. The molecule has 0 aromatic carbocycles. The number of hydrogen-bond donors (Lipinski definition) is 1. The van der Waals surface area contributed by atoms with Crippen molar-refractivity contribution in [1.82, 2.24) is 4.90 Å². The second-order valence-electron chi connectivity index (χ2n) is 4.70. The topological polar surface area (TPSA) is 29.3 Å². The van der Waals surface area contributed by atoms with Crippen LogP contribution in [0.2, 0.25) is 0 Å². The zero-order chi connectivity index (χ0) is 10.4. The predicted molar refractivity (Wildman–Crippen MR) is 62.3 cm³/mol. The molecule has 0 aromatic heterocycles. The van der Waals surface area contributed by atoms with Crippen molar-refractivity contribution in [2.75, 3.05) is 19.6 Å². The minimum Gasteiger partial charge on any atom is -0.330 e. The molecule has 2 heteroatoms. The molecule has 2 unspecified atom stereocenters. The lowest BCUT2D eigenvalue weighted by atomic mass is 9.86. The molecular weight excluding hydrogens is 172 g/mol. The first-order valence-electron chi connectivity index (χ1n) is 6.22. The molecule has 2 nitrogen and oxygen atoms in total. The largest absolute Gasteiger partial charge is 0.330 e. The number of nitrogens with two attached hydrogens (primary N) is 1. The molecule has 1 saturated carbocycles. The second kappa shape index (κ2) is 6.41. The molecule has 2 N–H and O–H groups in total. The summed E-state index contributed by atoms with van der Waals surface area (Å²) in [5, 5.41) is 0. The second-order valence-corrected chi connectivity index (χ2v) is 4.70. The first-order chi connectivity index (χ1) is 6.77. The zero-order valence-electron chi connectivity index (χ0n) is 9.84. The van der Waals surface area contributed by atoms with Crippen LogP contribution >= 0.6 is 0 Å². The predicted octanol–water partition coefficient (Wildman–Crippen LogP) is 2.24. The Morgan fingerprint density at radius 2 is 2.14 bits per heavy atom. The summed E-state index contributed by atoms with van der Waals surface area (Å²) in [6, 6.07) is 0.843. The van der Waals surface area contributed by atoms with E-state index in [-0.39, 0.29) is 0 Å². The van der Waals surface area contributed by atoms with Gasteiger partial charge >= 0.3 is 0 Å². The van der Waals surface area contributed by atoms with Crippen molar-refractivity contribution < 1.29 is 0 Å². The van der Waals surface area contributed by atoms with Crippen LogP contribution in [0.25, 0.3) is 0 Å². The molecular formula is C12H26N2. The Balaban J connectivity index is 2.34. The molecule has 14 heavy (non-hydrogen) atoms. The van der Waals surface area contributed by atoms with Crippen LogP contribution in [0.4, 0.5) is 0 Å². The Morgan fingerprint density at radius 3 is 2.71 bits per heavy atom. The van der Waals surface area contributed by atoms with E-state index in [4.69, 9.17) is 5.73 Å². The van der Waals surface area contributed by atoms with Crippen molar-refractivity contribution in [2.45, 2.75) is 52.0 Å². The van der Waals surface area contributed by atoms with Crippen LogP contribution in [-0.4, -0.2) is 30.6 Å². The van der Waals surface area contributed by atoms with Crippen molar-refractivity contribution in [2.24, 2.45) is 11.7 Å². The third kappa shape index (κ3) is 3.58. The summed E-state index contributed by atoms with van der Waals surface area (Å²) in [7, 11) is 0. The molecule has 0 aliphatic heterocycles. The Morgan fingerprint density at radius 1 is 1.36 bits per heavy atom. The maximum atomic E-state index is 5.56. The Kier molecular flexibility index (Phi) is 5.49. The van der Waals surface area contributed by atoms with E-state index in [9.17, 15) is 0 Å².